The summed E-state index contributed by atoms with van der Waals surface area (Å²) in [6.45, 7) is 0. The van der Waals surface area contributed by atoms with Crippen molar-refractivity contribution in [3.05, 3.63) is 67.2 Å². The van der Waals surface area contributed by atoms with E-state index in [4.69, 9.17) is 23.2 Å². The van der Waals surface area contributed by atoms with E-state index in [0.29, 0.717) is 21.2 Å². The minimum Gasteiger partial charge on any atom is -0.267 e. The van der Waals surface area contributed by atoms with Crippen LogP contribution in [0.15, 0.2) is 47.6 Å². The number of amides is 1. The average Bonchev–Trinajstić information content (AvgIpc) is 2.44. The number of rotatable bonds is 3. The molecule has 0 saturated heterocycles. The van der Waals surface area contributed by atoms with Crippen LogP contribution in [-0.4, -0.2) is 12.1 Å². The van der Waals surface area contributed by atoms with Gasteiger partial charge in [-0.2, -0.15) is 5.10 Å². The summed E-state index contributed by atoms with van der Waals surface area (Å²) in [5.74, 6) is -0.274. The summed E-state index contributed by atoms with van der Waals surface area (Å²) in [7, 11) is 0. The maximum Gasteiger partial charge on any atom is 0.272 e. The van der Waals surface area contributed by atoms with E-state index in [2.05, 4.69) is 33.1 Å². The number of carbonyl (C=O) groups is 1. The quantitative estimate of drug-likeness (QED) is 0.449. The molecule has 0 atom stereocenters. The molecule has 0 aromatic heterocycles. The molecule has 3 nitrogen and oxygen atoms in total. The first kappa shape index (κ1) is 15.3. The van der Waals surface area contributed by atoms with E-state index in [1.54, 1.807) is 30.3 Å². The number of hydrazone groups is 1. The highest BCUT2D eigenvalue weighted by atomic mass is 127. The Balaban J connectivity index is 2.09. The summed E-state index contributed by atoms with van der Waals surface area (Å²) in [4.78, 5) is 11.9. The van der Waals surface area contributed by atoms with Crippen molar-refractivity contribution in [3.8, 4) is 0 Å². The zero-order valence-corrected chi connectivity index (χ0v) is 13.8. The van der Waals surface area contributed by atoms with Gasteiger partial charge in [0.1, 0.15) is 0 Å². The standard InChI is InChI=1S/C14H9Cl2IN2O/c15-11-6-3-4-9(13(11)16)8-18-19-14(20)10-5-1-2-7-12(10)17/h1-8H,(H,19,20)/b18-8-. The SMILES string of the molecule is O=C(N/N=C\c1cccc(Cl)c1Cl)c1ccccc1I. The summed E-state index contributed by atoms with van der Waals surface area (Å²) in [5, 5.41) is 4.74. The van der Waals surface area contributed by atoms with E-state index >= 15 is 0 Å². The van der Waals surface area contributed by atoms with Crippen LogP contribution in [0.1, 0.15) is 15.9 Å². The van der Waals surface area contributed by atoms with Crippen molar-refractivity contribution < 1.29 is 4.79 Å². The van der Waals surface area contributed by atoms with Crippen LogP contribution in [0.3, 0.4) is 0 Å². The molecule has 2 aromatic carbocycles. The predicted molar refractivity (Wildman–Crippen MR) is 90.7 cm³/mol. The maximum absolute atomic E-state index is 11.9. The fourth-order valence-corrected chi connectivity index (χ4v) is 2.48. The molecule has 6 heteroatoms. The number of hydrogen-bond acceptors (Lipinski definition) is 2. The highest BCUT2D eigenvalue weighted by Gasteiger charge is 2.07. The van der Waals surface area contributed by atoms with Gasteiger partial charge in [0, 0.05) is 9.13 Å². The number of hydrogen-bond donors (Lipinski definition) is 1. The molecule has 0 unspecified atom stereocenters. The molecular formula is C14H9Cl2IN2O. The summed E-state index contributed by atoms with van der Waals surface area (Å²) >= 11 is 14.0. The molecule has 20 heavy (non-hydrogen) atoms. The highest BCUT2D eigenvalue weighted by Crippen LogP contribution is 2.24. The Hall–Kier alpha value is -1.11. The highest BCUT2D eigenvalue weighted by molar-refractivity contribution is 14.1. The third-order valence-electron chi connectivity index (χ3n) is 2.47. The van der Waals surface area contributed by atoms with Crippen molar-refractivity contribution in [2.75, 3.05) is 0 Å². The van der Waals surface area contributed by atoms with E-state index < -0.39 is 0 Å². The van der Waals surface area contributed by atoms with Crippen molar-refractivity contribution >= 4 is 57.9 Å². The second kappa shape index (κ2) is 7.06. The fourth-order valence-electron chi connectivity index (χ4n) is 1.49. The Morgan fingerprint density at radius 3 is 2.65 bits per heavy atom. The van der Waals surface area contributed by atoms with Gasteiger partial charge >= 0.3 is 0 Å². The van der Waals surface area contributed by atoms with E-state index in [1.165, 1.54) is 6.21 Å². The lowest BCUT2D eigenvalue weighted by atomic mass is 10.2. The zero-order chi connectivity index (χ0) is 14.5. The number of benzene rings is 2. The lowest BCUT2D eigenvalue weighted by Crippen LogP contribution is -2.18. The van der Waals surface area contributed by atoms with Gasteiger partial charge in [-0.25, -0.2) is 5.43 Å². The molecule has 0 aliphatic rings. The molecule has 1 amide bonds. The molecule has 2 aromatic rings. The maximum atomic E-state index is 11.9. The van der Waals surface area contributed by atoms with Crippen molar-refractivity contribution in [3.63, 3.8) is 0 Å². The number of halogens is 3. The fraction of sp³-hybridized carbons (Fsp3) is 0. The first-order valence-electron chi connectivity index (χ1n) is 5.61. The van der Waals surface area contributed by atoms with Crippen LogP contribution in [0.2, 0.25) is 10.0 Å². The molecule has 0 fully saturated rings. The van der Waals surface area contributed by atoms with Crippen LogP contribution in [-0.2, 0) is 0 Å². The Bertz CT molecular complexity index is 674. The Labute approximate surface area is 140 Å². The third-order valence-corrected chi connectivity index (χ3v) is 4.24. The molecule has 0 heterocycles. The minimum atomic E-state index is -0.274. The Morgan fingerprint density at radius 1 is 1.15 bits per heavy atom. The zero-order valence-electron chi connectivity index (χ0n) is 10.1. The van der Waals surface area contributed by atoms with E-state index in [-0.39, 0.29) is 5.91 Å². The van der Waals surface area contributed by atoms with Crippen LogP contribution in [0, 0.1) is 3.57 Å². The molecule has 0 spiro atoms. The molecule has 0 radical (unpaired) electrons. The van der Waals surface area contributed by atoms with Gasteiger partial charge in [0.2, 0.25) is 0 Å². The lowest BCUT2D eigenvalue weighted by molar-refractivity contribution is 0.0954. The second-order valence-corrected chi connectivity index (χ2v) is 5.77. The Kier molecular flexibility index (Phi) is 5.39. The van der Waals surface area contributed by atoms with Crippen molar-refractivity contribution in [1.29, 1.82) is 0 Å². The molecule has 0 aliphatic heterocycles. The average molecular weight is 419 g/mol. The first-order valence-corrected chi connectivity index (χ1v) is 7.45. The van der Waals surface area contributed by atoms with Crippen LogP contribution in [0.25, 0.3) is 0 Å². The summed E-state index contributed by atoms with van der Waals surface area (Å²) < 4.78 is 0.860. The van der Waals surface area contributed by atoms with Gasteiger partial charge in [0.05, 0.1) is 21.8 Å². The Morgan fingerprint density at radius 2 is 1.90 bits per heavy atom. The summed E-state index contributed by atoms with van der Waals surface area (Å²) in [5.41, 5.74) is 3.67. The van der Waals surface area contributed by atoms with Crippen LogP contribution < -0.4 is 5.43 Å². The van der Waals surface area contributed by atoms with Crippen LogP contribution in [0.5, 0.6) is 0 Å². The van der Waals surface area contributed by atoms with Gasteiger partial charge in [-0.05, 0) is 40.8 Å². The minimum absolute atomic E-state index is 0.274. The van der Waals surface area contributed by atoms with Gasteiger partial charge in [0.25, 0.3) is 5.91 Å². The molecule has 0 saturated carbocycles. The van der Waals surface area contributed by atoms with E-state index in [0.717, 1.165) is 3.57 Å². The molecule has 0 aliphatic carbocycles. The van der Waals surface area contributed by atoms with Crippen molar-refractivity contribution in [2.45, 2.75) is 0 Å². The number of nitrogens with zero attached hydrogens (tertiary/aromatic N) is 1. The molecule has 1 N–H and O–H groups in total. The topological polar surface area (TPSA) is 41.5 Å². The second-order valence-electron chi connectivity index (χ2n) is 3.82. The van der Waals surface area contributed by atoms with Gasteiger partial charge < -0.3 is 0 Å². The van der Waals surface area contributed by atoms with Gasteiger partial charge in [-0.1, -0.05) is 47.5 Å². The number of carbonyl (C=O) groups excluding carboxylic acids is 1. The van der Waals surface area contributed by atoms with E-state index in [1.807, 2.05) is 12.1 Å². The number of nitrogens with one attached hydrogen (secondary N) is 1. The molecule has 102 valence electrons. The normalized spacial score (nSPS) is 10.8. The summed E-state index contributed by atoms with van der Waals surface area (Å²) in [6.07, 6.45) is 1.46. The molecular weight excluding hydrogens is 410 g/mol. The summed E-state index contributed by atoms with van der Waals surface area (Å²) in [6, 6.07) is 12.5. The van der Waals surface area contributed by atoms with Crippen LogP contribution >= 0.6 is 45.8 Å². The lowest BCUT2D eigenvalue weighted by Gasteiger charge is -2.02. The largest absolute Gasteiger partial charge is 0.272 e. The van der Waals surface area contributed by atoms with Gasteiger partial charge in [-0.3, -0.25) is 4.79 Å². The van der Waals surface area contributed by atoms with Crippen LogP contribution in [0.4, 0.5) is 0 Å². The smallest absolute Gasteiger partial charge is 0.267 e. The van der Waals surface area contributed by atoms with Crippen molar-refractivity contribution in [2.24, 2.45) is 5.10 Å². The van der Waals surface area contributed by atoms with Gasteiger partial charge in [-0.15, -0.1) is 0 Å². The van der Waals surface area contributed by atoms with Gasteiger partial charge in [0.15, 0.2) is 0 Å². The van der Waals surface area contributed by atoms with E-state index in [9.17, 15) is 4.79 Å². The molecule has 2 rings (SSSR count). The molecule has 0 bridgehead atoms. The third kappa shape index (κ3) is 3.71. The monoisotopic (exact) mass is 418 g/mol. The van der Waals surface area contributed by atoms with Crippen molar-refractivity contribution in [1.82, 2.24) is 5.43 Å². The first-order chi connectivity index (χ1) is 9.59. The predicted octanol–water partition coefficient (Wildman–Crippen LogP) is 4.36.